The lowest BCUT2D eigenvalue weighted by Crippen LogP contribution is -2.16. The van der Waals surface area contributed by atoms with Crippen LogP contribution in [-0.2, 0) is 12.8 Å². The molecule has 0 fully saturated rings. The second kappa shape index (κ2) is 6.19. The summed E-state index contributed by atoms with van der Waals surface area (Å²) in [4.78, 5) is 4.34. The van der Waals surface area contributed by atoms with E-state index in [0.717, 1.165) is 25.9 Å². The summed E-state index contributed by atoms with van der Waals surface area (Å²) in [6.45, 7) is 2.17. The smallest absolute Gasteiger partial charge is 0.0448 e. The Morgan fingerprint density at radius 3 is 2.77 bits per heavy atom. The predicted octanol–water partition coefficient (Wildman–Crippen LogP) is 1.61. The van der Waals surface area contributed by atoms with E-state index in [4.69, 9.17) is 0 Å². The summed E-state index contributed by atoms with van der Waals surface area (Å²) in [5, 5.41) is 3.35. The van der Waals surface area contributed by atoms with Crippen molar-refractivity contribution in [1.29, 1.82) is 0 Å². The third kappa shape index (κ3) is 3.14. The number of hydrogen-bond acceptors (Lipinski definition) is 2. The molecular formula is C9H14Cl2N2. The van der Waals surface area contributed by atoms with Crippen LogP contribution in [0.2, 0.25) is 0 Å². The van der Waals surface area contributed by atoms with Gasteiger partial charge in [-0.25, -0.2) is 0 Å². The standard InChI is InChI=1S/C9H12N2.2ClH/c1-2-8-3-6-10-7-4-9(8)11-5-1;;/h1-2,5,10H,3-4,6-7H2;2*1H. The molecule has 0 amide bonds. The molecule has 1 aliphatic rings. The van der Waals surface area contributed by atoms with Gasteiger partial charge in [0.25, 0.3) is 0 Å². The number of halogens is 2. The summed E-state index contributed by atoms with van der Waals surface area (Å²) in [5.41, 5.74) is 2.69. The third-order valence-electron chi connectivity index (χ3n) is 2.09. The van der Waals surface area contributed by atoms with Gasteiger partial charge in [-0.2, -0.15) is 0 Å². The van der Waals surface area contributed by atoms with Crippen molar-refractivity contribution < 1.29 is 0 Å². The number of nitrogens with one attached hydrogen (secondary N) is 1. The molecule has 1 aliphatic heterocycles. The molecule has 4 heteroatoms. The molecule has 1 aromatic heterocycles. The minimum atomic E-state index is 0. The first-order chi connectivity index (χ1) is 5.47. The van der Waals surface area contributed by atoms with Crippen molar-refractivity contribution >= 4 is 24.8 Å². The molecule has 0 radical (unpaired) electrons. The van der Waals surface area contributed by atoms with E-state index in [1.807, 2.05) is 12.3 Å². The highest BCUT2D eigenvalue weighted by Crippen LogP contribution is 2.08. The largest absolute Gasteiger partial charge is 0.316 e. The van der Waals surface area contributed by atoms with Gasteiger partial charge in [0.2, 0.25) is 0 Å². The van der Waals surface area contributed by atoms with Crippen molar-refractivity contribution in [2.75, 3.05) is 13.1 Å². The van der Waals surface area contributed by atoms with E-state index in [1.165, 1.54) is 11.3 Å². The van der Waals surface area contributed by atoms with Crippen molar-refractivity contribution in [3.05, 3.63) is 29.6 Å². The second-order valence-corrected chi connectivity index (χ2v) is 2.86. The van der Waals surface area contributed by atoms with Gasteiger partial charge in [-0.15, -0.1) is 24.8 Å². The number of aromatic nitrogens is 1. The minimum absolute atomic E-state index is 0. The maximum atomic E-state index is 4.34. The van der Waals surface area contributed by atoms with Gasteiger partial charge in [0, 0.05) is 24.9 Å². The van der Waals surface area contributed by atoms with Crippen LogP contribution >= 0.6 is 24.8 Å². The molecule has 13 heavy (non-hydrogen) atoms. The summed E-state index contributed by atoms with van der Waals surface area (Å²) in [7, 11) is 0. The Hall–Kier alpha value is -0.310. The molecule has 0 saturated heterocycles. The van der Waals surface area contributed by atoms with Crippen LogP contribution in [0.1, 0.15) is 11.3 Å². The molecule has 0 spiro atoms. The predicted molar refractivity (Wildman–Crippen MR) is 59.0 cm³/mol. The number of hydrogen-bond donors (Lipinski definition) is 1. The van der Waals surface area contributed by atoms with Crippen LogP contribution in [0.3, 0.4) is 0 Å². The SMILES string of the molecule is Cl.Cl.c1cnc2c(c1)CCNCC2. The molecule has 2 rings (SSSR count). The Morgan fingerprint density at radius 1 is 1.15 bits per heavy atom. The van der Waals surface area contributed by atoms with Gasteiger partial charge in [0.05, 0.1) is 0 Å². The summed E-state index contributed by atoms with van der Waals surface area (Å²) >= 11 is 0. The average molecular weight is 221 g/mol. The molecular weight excluding hydrogens is 207 g/mol. The number of pyridine rings is 1. The van der Waals surface area contributed by atoms with Crippen LogP contribution in [0.25, 0.3) is 0 Å². The molecule has 0 unspecified atom stereocenters. The van der Waals surface area contributed by atoms with Gasteiger partial charge >= 0.3 is 0 Å². The Balaban J connectivity index is 0.000000720. The van der Waals surface area contributed by atoms with Crippen LogP contribution in [-0.4, -0.2) is 18.1 Å². The van der Waals surface area contributed by atoms with Crippen molar-refractivity contribution in [1.82, 2.24) is 10.3 Å². The van der Waals surface area contributed by atoms with E-state index in [-0.39, 0.29) is 24.8 Å². The first-order valence-electron chi connectivity index (χ1n) is 4.10. The van der Waals surface area contributed by atoms with Gasteiger partial charge in [0.1, 0.15) is 0 Å². The molecule has 2 nitrogen and oxygen atoms in total. The van der Waals surface area contributed by atoms with Crippen LogP contribution in [0.5, 0.6) is 0 Å². The molecule has 0 aromatic carbocycles. The van der Waals surface area contributed by atoms with Crippen molar-refractivity contribution in [3.8, 4) is 0 Å². The zero-order valence-corrected chi connectivity index (χ0v) is 8.96. The highest BCUT2D eigenvalue weighted by molar-refractivity contribution is 5.85. The first kappa shape index (κ1) is 12.7. The lowest BCUT2D eigenvalue weighted by atomic mass is 10.1. The van der Waals surface area contributed by atoms with E-state index in [9.17, 15) is 0 Å². The molecule has 0 bridgehead atoms. The van der Waals surface area contributed by atoms with E-state index < -0.39 is 0 Å². The lowest BCUT2D eigenvalue weighted by molar-refractivity contribution is 0.708. The van der Waals surface area contributed by atoms with Crippen molar-refractivity contribution in [2.24, 2.45) is 0 Å². The van der Waals surface area contributed by atoms with Crippen molar-refractivity contribution in [3.63, 3.8) is 0 Å². The maximum Gasteiger partial charge on any atom is 0.0448 e. The highest BCUT2D eigenvalue weighted by atomic mass is 35.5. The molecule has 1 N–H and O–H groups in total. The second-order valence-electron chi connectivity index (χ2n) is 2.86. The Kier molecular flexibility index (Phi) is 6.04. The fourth-order valence-electron chi connectivity index (χ4n) is 1.48. The van der Waals surface area contributed by atoms with E-state index >= 15 is 0 Å². The normalized spacial score (nSPS) is 14.5. The molecule has 0 atom stereocenters. The van der Waals surface area contributed by atoms with Crippen LogP contribution in [0.4, 0.5) is 0 Å². The van der Waals surface area contributed by atoms with Gasteiger partial charge in [-0.3, -0.25) is 4.98 Å². The fraction of sp³-hybridized carbons (Fsp3) is 0.444. The fourth-order valence-corrected chi connectivity index (χ4v) is 1.48. The average Bonchev–Trinajstić information content (AvgIpc) is 2.28. The molecule has 2 heterocycles. The van der Waals surface area contributed by atoms with Crippen molar-refractivity contribution in [2.45, 2.75) is 12.8 Å². The van der Waals surface area contributed by atoms with Gasteiger partial charge in [-0.1, -0.05) is 6.07 Å². The van der Waals surface area contributed by atoms with Gasteiger partial charge in [-0.05, 0) is 24.6 Å². The zero-order valence-electron chi connectivity index (χ0n) is 7.32. The van der Waals surface area contributed by atoms with Crippen LogP contribution < -0.4 is 5.32 Å². The summed E-state index contributed by atoms with van der Waals surface area (Å²) in [5.74, 6) is 0. The van der Waals surface area contributed by atoms with E-state index in [2.05, 4.69) is 16.4 Å². The van der Waals surface area contributed by atoms with Gasteiger partial charge < -0.3 is 5.32 Å². The van der Waals surface area contributed by atoms with E-state index in [1.54, 1.807) is 0 Å². The van der Waals surface area contributed by atoms with E-state index in [0.29, 0.717) is 0 Å². The Bertz CT molecular complexity index is 228. The topological polar surface area (TPSA) is 24.9 Å². The Labute approximate surface area is 91.0 Å². The molecule has 0 saturated carbocycles. The van der Waals surface area contributed by atoms with Crippen LogP contribution in [0.15, 0.2) is 18.3 Å². The molecule has 1 aromatic rings. The highest BCUT2D eigenvalue weighted by Gasteiger charge is 2.05. The summed E-state index contributed by atoms with van der Waals surface area (Å²) < 4.78 is 0. The van der Waals surface area contributed by atoms with Crippen LogP contribution in [0, 0.1) is 0 Å². The summed E-state index contributed by atoms with van der Waals surface area (Å²) in [6.07, 6.45) is 4.09. The number of fused-ring (bicyclic) bond motifs is 1. The number of rotatable bonds is 0. The number of nitrogens with zero attached hydrogens (tertiary/aromatic N) is 1. The van der Waals surface area contributed by atoms with Gasteiger partial charge in [0.15, 0.2) is 0 Å². The molecule has 0 aliphatic carbocycles. The summed E-state index contributed by atoms with van der Waals surface area (Å²) in [6, 6.07) is 4.19. The monoisotopic (exact) mass is 220 g/mol. The quantitative estimate of drug-likeness (QED) is 0.719. The third-order valence-corrected chi connectivity index (χ3v) is 2.09. The lowest BCUT2D eigenvalue weighted by Gasteiger charge is -2.00. The first-order valence-corrected chi connectivity index (χ1v) is 4.10. The maximum absolute atomic E-state index is 4.34. The zero-order chi connectivity index (χ0) is 7.52. The minimum Gasteiger partial charge on any atom is -0.316 e. The Morgan fingerprint density at radius 2 is 1.92 bits per heavy atom. The molecule has 74 valence electrons.